The Morgan fingerprint density at radius 1 is 1.09 bits per heavy atom. The molecule has 2 aliphatic rings. The molecule has 2 fully saturated rings. The van der Waals surface area contributed by atoms with Gasteiger partial charge in [0, 0.05) is 25.4 Å². The second kappa shape index (κ2) is 15.0. The number of aliphatic hydroxyl groups excluding tert-OH is 1. The van der Waals surface area contributed by atoms with Crippen molar-refractivity contribution < 1.29 is 42.4 Å². The predicted molar refractivity (Wildman–Crippen MR) is 167 cm³/mol. The fraction of sp³-hybridized carbons (Fsp3) is 0.576. The quantitative estimate of drug-likeness (QED) is 0.275. The fourth-order valence-corrected chi connectivity index (χ4v) is 8.03. The minimum atomic E-state index is -4.14. The van der Waals surface area contributed by atoms with E-state index in [9.17, 15) is 28.2 Å². The first-order valence-electron chi connectivity index (χ1n) is 15.4. The van der Waals surface area contributed by atoms with Crippen LogP contribution < -0.4 is 4.74 Å². The maximum Gasteiger partial charge on any atom is 0.407 e. The molecule has 1 amide bonds. The summed E-state index contributed by atoms with van der Waals surface area (Å²) in [6.07, 6.45) is -0.755. The van der Waals surface area contributed by atoms with Crippen molar-refractivity contribution in [3.05, 3.63) is 60.2 Å². The molecule has 2 N–H and O–H groups in total. The second-order valence-electron chi connectivity index (χ2n) is 12.8. The molecular weight excluding hydrogens is 600 g/mol. The Kier molecular flexibility index (Phi) is 11.6. The summed E-state index contributed by atoms with van der Waals surface area (Å²) in [5.74, 6) is 0.372. The number of hydrogen-bond acceptors (Lipinski definition) is 8. The van der Waals surface area contributed by atoms with Gasteiger partial charge in [-0.1, -0.05) is 44.2 Å². The molecule has 45 heavy (non-hydrogen) atoms. The van der Waals surface area contributed by atoms with Crippen LogP contribution in [-0.4, -0.2) is 97.6 Å². The highest BCUT2D eigenvalue weighted by Crippen LogP contribution is 2.36. The minimum absolute atomic E-state index is 0.0277. The summed E-state index contributed by atoms with van der Waals surface area (Å²) in [7, 11) is -2.65. The Bertz CT molecular complexity index is 1380. The molecular formula is C33H46N2O9S. The number of carboxylic acid groups (broad SMARTS) is 1. The third-order valence-electron chi connectivity index (χ3n) is 8.75. The fourth-order valence-electron chi connectivity index (χ4n) is 6.38. The van der Waals surface area contributed by atoms with Gasteiger partial charge in [-0.05, 0) is 67.9 Å². The summed E-state index contributed by atoms with van der Waals surface area (Å²) in [5.41, 5.74) is 0.254. The predicted octanol–water partition coefficient (Wildman–Crippen LogP) is 4.19. The Morgan fingerprint density at radius 2 is 1.78 bits per heavy atom. The van der Waals surface area contributed by atoms with E-state index in [2.05, 4.69) is 0 Å². The number of hydrogen-bond donors (Lipinski definition) is 2. The van der Waals surface area contributed by atoms with Crippen LogP contribution in [0.3, 0.4) is 0 Å². The lowest BCUT2D eigenvalue weighted by Gasteiger charge is -2.40. The third-order valence-corrected chi connectivity index (χ3v) is 10.6. The number of nitrogens with zero attached hydrogens (tertiary/aromatic N) is 2. The molecule has 4 rings (SSSR count). The third kappa shape index (κ3) is 8.82. The molecule has 2 aromatic rings. The molecule has 0 unspecified atom stereocenters. The van der Waals surface area contributed by atoms with Gasteiger partial charge in [0.15, 0.2) is 6.29 Å². The van der Waals surface area contributed by atoms with Crippen LogP contribution in [0, 0.1) is 11.3 Å². The molecule has 5 atom stereocenters. The zero-order chi connectivity index (χ0) is 32.8. The molecule has 248 valence electrons. The van der Waals surface area contributed by atoms with E-state index in [1.165, 1.54) is 35.4 Å². The number of benzene rings is 2. The molecule has 0 saturated carbocycles. The van der Waals surface area contributed by atoms with E-state index in [4.69, 9.17) is 14.2 Å². The van der Waals surface area contributed by atoms with Crippen LogP contribution >= 0.6 is 0 Å². The van der Waals surface area contributed by atoms with Gasteiger partial charge in [-0.2, -0.15) is 4.31 Å². The molecule has 11 nitrogen and oxygen atoms in total. The highest BCUT2D eigenvalue weighted by Gasteiger charge is 2.49. The summed E-state index contributed by atoms with van der Waals surface area (Å²) in [6, 6.07) is 13.7. The van der Waals surface area contributed by atoms with Crippen LogP contribution in [0.5, 0.6) is 5.75 Å². The summed E-state index contributed by atoms with van der Waals surface area (Å²) in [5, 5.41) is 22.5. The van der Waals surface area contributed by atoms with Crippen LogP contribution in [0.4, 0.5) is 4.79 Å². The van der Waals surface area contributed by atoms with Crippen molar-refractivity contribution in [2.75, 3.05) is 33.4 Å². The maximum atomic E-state index is 14.2. The van der Waals surface area contributed by atoms with Crippen LogP contribution in [0.2, 0.25) is 0 Å². The van der Waals surface area contributed by atoms with Gasteiger partial charge in [-0.15, -0.1) is 0 Å². The van der Waals surface area contributed by atoms with Gasteiger partial charge in [0.25, 0.3) is 0 Å². The Labute approximate surface area is 266 Å². The summed E-state index contributed by atoms with van der Waals surface area (Å²) >= 11 is 0. The van der Waals surface area contributed by atoms with Gasteiger partial charge in [0.2, 0.25) is 10.0 Å². The first-order valence-corrected chi connectivity index (χ1v) is 16.9. The van der Waals surface area contributed by atoms with Crippen molar-refractivity contribution in [3.8, 4) is 5.75 Å². The number of sulfonamides is 1. The highest BCUT2D eigenvalue weighted by atomic mass is 32.2. The second-order valence-corrected chi connectivity index (χ2v) is 14.7. The number of methoxy groups -OCH3 is 1. The molecule has 0 radical (unpaired) electrons. The summed E-state index contributed by atoms with van der Waals surface area (Å²) < 4.78 is 46.2. The Balaban J connectivity index is 1.69. The SMILES string of the molecule is COc1ccc(S(=O)(=O)N(C[C@@H](O)[C@H](Cc2ccccc2)N(C(=O)O)[C@H]2CO[C@H]3OCC[C@H]32)CC(C)(C)CCCC(C)=O)cc1. The van der Waals surface area contributed by atoms with E-state index in [0.717, 1.165) is 5.56 Å². The number of ether oxygens (including phenoxy) is 3. The standard InChI is InChI=1S/C33H46N2O9S/c1-23(36)9-8-17-33(2,3)22-34(45(40,41)26-14-12-25(42-4)13-15-26)20-30(37)28(19-24-10-6-5-7-11-24)35(32(38)39)29-21-44-31-27(29)16-18-43-31/h5-7,10-15,27-31,37H,8-9,16-22H2,1-4H3,(H,38,39)/t27-,28-,29-,30+,31+/m0/s1. The average molecular weight is 647 g/mol. The summed E-state index contributed by atoms with van der Waals surface area (Å²) in [6.45, 7) is 5.67. The highest BCUT2D eigenvalue weighted by molar-refractivity contribution is 7.89. The molecule has 0 spiro atoms. The van der Waals surface area contributed by atoms with Crippen molar-refractivity contribution in [2.24, 2.45) is 11.3 Å². The molecule has 2 aliphatic heterocycles. The number of Topliss-reactive ketones (excluding diaryl/α,β-unsaturated/α-hetero) is 1. The van der Waals surface area contributed by atoms with Gasteiger partial charge < -0.3 is 29.2 Å². The van der Waals surface area contributed by atoms with E-state index in [-0.39, 0.29) is 42.7 Å². The lowest BCUT2D eigenvalue weighted by molar-refractivity contribution is -0.117. The van der Waals surface area contributed by atoms with E-state index in [1.807, 2.05) is 44.2 Å². The van der Waals surface area contributed by atoms with Crippen LogP contribution in [-0.2, 0) is 30.7 Å². The van der Waals surface area contributed by atoms with Crippen LogP contribution in [0.15, 0.2) is 59.5 Å². The zero-order valence-electron chi connectivity index (χ0n) is 26.5. The Morgan fingerprint density at radius 3 is 2.40 bits per heavy atom. The van der Waals surface area contributed by atoms with E-state index in [0.29, 0.717) is 38.0 Å². The molecule has 0 aromatic heterocycles. The summed E-state index contributed by atoms with van der Waals surface area (Å²) in [4.78, 5) is 25.8. The first kappa shape index (κ1) is 34.8. The van der Waals surface area contributed by atoms with Crippen LogP contribution in [0.1, 0.15) is 52.0 Å². The normalized spacial score (nSPS) is 21.3. The number of carbonyl (C=O) groups excluding carboxylic acids is 1. The first-order chi connectivity index (χ1) is 21.3. The Hall–Kier alpha value is -3.03. The molecule has 2 aromatic carbocycles. The van der Waals surface area contributed by atoms with Crippen LogP contribution in [0.25, 0.3) is 0 Å². The molecule has 2 saturated heterocycles. The van der Waals surface area contributed by atoms with E-state index >= 15 is 0 Å². The minimum Gasteiger partial charge on any atom is -0.497 e. The number of fused-ring (bicyclic) bond motifs is 1. The van der Waals surface area contributed by atoms with E-state index < -0.39 is 46.0 Å². The molecule has 2 heterocycles. The number of amides is 1. The monoisotopic (exact) mass is 646 g/mol. The lowest BCUT2D eigenvalue weighted by Crippen LogP contribution is -2.58. The number of aliphatic hydroxyl groups is 1. The van der Waals surface area contributed by atoms with Crippen molar-refractivity contribution in [3.63, 3.8) is 0 Å². The topological polar surface area (TPSA) is 143 Å². The van der Waals surface area contributed by atoms with Crippen molar-refractivity contribution in [1.82, 2.24) is 9.21 Å². The molecule has 0 aliphatic carbocycles. The number of rotatable bonds is 16. The smallest absolute Gasteiger partial charge is 0.407 e. The van der Waals surface area contributed by atoms with Crippen molar-refractivity contribution in [1.29, 1.82) is 0 Å². The largest absolute Gasteiger partial charge is 0.497 e. The van der Waals surface area contributed by atoms with Gasteiger partial charge in [-0.25, -0.2) is 13.2 Å². The maximum absolute atomic E-state index is 14.2. The van der Waals surface area contributed by atoms with Crippen molar-refractivity contribution >= 4 is 21.9 Å². The lowest BCUT2D eigenvalue weighted by atomic mass is 9.86. The van der Waals surface area contributed by atoms with Gasteiger partial charge in [-0.3, -0.25) is 4.90 Å². The van der Waals surface area contributed by atoms with Gasteiger partial charge in [0.05, 0.1) is 43.4 Å². The zero-order valence-corrected chi connectivity index (χ0v) is 27.3. The van der Waals surface area contributed by atoms with Crippen molar-refractivity contribution in [2.45, 2.75) is 82.2 Å². The number of carbonyl (C=O) groups is 2. The van der Waals surface area contributed by atoms with Gasteiger partial charge in [0.1, 0.15) is 11.5 Å². The van der Waals surface area contributed by atoms with Gasteiger partial charge >= 0.3 is 6.09 Å². The molecule has 12 heteroatoms. The number of ketones is 1. The van der Waals surface area contributed by atoms with E-state index in [1.54, 1.807) is 12.1 Å². The average Bonchev–Trinajstić information content (AvgIpc) is 3.61. The molecule has 0 bridgehead atoms.